The van der Waals surface area contributed by atoms with Gasteiger partial charge in [-0.2, -0.15) is 5.10 Å². The number of guanidine groups is 1. The van der Waals surface area contributed by atoms with Crippen molar-refractivity contribution in [3.05, 3.63) is 75.2 Å². The summed E-state index contributed by atoms with van der Waals surface area (Å²) in [6.07, 6.45) is 5.81. The maximum absolute atomic E-state index is 13.9. The SMILES string of the molecule is CN1C(=N)N[C@](C)(c2cc(Br)cs2)[C@](CCCc2ccccc2)(n2cccn2)C1=O. The number of aromatic nitrogens is 2. The van der Waals surface area contributed by atoms with Gasteiger partial charge >= 0.3 is 0 Å². The van der Waals surface area contributed by atoms with Crippen molar-refractivity contribution in [2.45, 2.75) is 37.3 Å². The molecular formula is C22H24BrN5OS. The molecule has 1 aliphatic rings. The Labute approximate surface area is 188 Å². The Balaban J connectivity index is 1.81. The van der Waals surface area contributed by atoms with Crippen LogP contribution in [-0.2, 0) is 22.3 Å². The summed E-state index contributed by atoms with van der Waals surface area (Å²) in [7, 11) is 1.65. The van der Waals surface area contributed by atoms with Crippen LogP contribution in [0.1, 0.15) is 30.2 Å². The summed E-state index contributed by atoms with van der Waals surface area (Å²) in [5, 5.41) is 18.3. The Kier molecular flexibility index (Phi) is 5.55. The van der Waals surface area contributed by atoms with Gasteiger partial charge in [-0.25, -0.2) is 0 Å². The molecule has 2 aromatic heterocycles. The summed E-state index contributed by atoms with van der Waals surface area (Å²) >= 11 is 5.12. The van der Waals surface area contributed by atoms with E-state index in [0.29, 0.717) is 6.42 Å². The third kappa shape index (κ3) is 3.28. The number of nitrogens with zero attached hydrogens (tertiary/aromatic N) is 3. The van der Waals surface area contributed by atoms with Gasteiger partial charge in [0.2, 0.25) is 0 Å². The van der Waals surface area contributed by atoms with Crippen molar-refractivity contribution in [2.24, 2.45) is 0 Å². The van der Waals surface area contributed by atoms with E-state index in [1.165, 1.54) is 10.5 Å². The topological polar surface area (TPSA) is 74.0 Å². The van der Waals surface area contributed by atoms with E-state index in [1.54, 1.807) is 29.3 Å². The molecule has 3 heterocycles. The van der Waals surface area contributed by atoms with E-state index in [1.807, 2.05) is 48.8 Å². The number of nitrogens with one attached hydrogen (secondary N) is 2. The Morgan fingerprint density at radius 2 is 2.03 bits per heavy atom. The summed E-state index contributed by atoms with van der Waals surface area (Å²) < 4.78 is 2.74. The average molecular weight is 486 g/mol. The van der Waals surface area contributed by atoms with Crippen molar-refractivity contribution in [3.8, 4) is 0 Å². The highest BCUT2D eigenvalue weighted by Gasteiger charge is 2.61. The minimum Gasteiger partial charge on any atom is -0.343 e. The highest BCUT2D eigenvalue weighted by molar-refractivity contribution is 9.10. The van der Waals surface area contributed by atoms with E-state index < -0.39 is 11.1 Å². The van der Waals surface area contributed by atoms with Crippen LogP contribution in [0.25, 0.3) is 0 Å². The van der Waals surface area contributed by atoms with Gasteiger partial charge in [-0.3, -0.25) is 19.8 Å². The van der Waals surface area contributed by atoms with E-state index in [4.69, 9.17) is 5.41 Å². The van der Waals surface area contributed by atoms with E-state index in [2.05, 4.69) is 38.5 Å². The predicted molar refractivity (Wildman–Crippen MR) is 123 cm³/mol. The first-order chi connectivity index (χ1) is 14.4. The van der Waals surface area contributed by atoms with E-state index in [-0.39, 0.29) is 11.9 Å². The van der Waals surface area contributed by atoms with Crippen LogP contribution in [-0.4, -0.2) is 33.6 Å². The standard InChI is InChI=1S/C22H24BrN5OS/c1-21(18-14-17(23)15-30-18)22(28-13-7-12-25-28,19(29)27(2)20(24)26-21)11-6-10-16-8-4-3-5-9-16/h3-5,7-9,12-15H,6,10-11H2,1-2H3,(H2,24,26)/t21-,22-/m1/s1. The van der Waals surface area contributed by atoms with Crippen molar-refractivity contribution in [1.29, 1.82) is 5.41 Å². The van der Waals surface area contributed by atoms with Crippen LogP contribution < -0.4 is 5.32 Å². The zero-order valence-electron chi connectivity index (χ0n) is 16.9. The van der Waals surface area contributed by atoms with Crippen molar-refractivity contribution in [2.75, 3.05) is 7.05 Å². The highest BCUT2D eigenvalue weighted by Crippen LogP contribution is 2.47. The molecule has 0 spiro atoms. The first kappa shape index (κ1) is 20.8. The number of hydrogen-bond donors (Lipinski definition) is 2. The summed E-state index contributed by atoms with van der Waals surface area (Å²) in [6, 6.07) is 14.2. The number of thiophene rings is 1. The van der Waals surface area contributed by atoms with Crippen LogP contribution in [0.5, 0.6) is 0 Å². The number of hydrogen-bond acceptors (Lipinski definition) is 4. The maximum atomic E-state index is 13.9. The number of carbonyl (C=O) groups is 1. The van der Waals surface area contributed by atoms with Crippen molar-refractivity contribution < 1.29 is 4.79 Å². The number of amides is 1. The molecule has 0 bridgehead atoms. The Morgan fingerprint density at radius 3 is 2.67 bits per heavy atom. The van der Waals surface area contributed by atoms with Gasteiger partial charge in [0.05, 0.1) is 0 Å². The number of benzene rings is 1. The van der Waals surface area contributed by atoms with E-state index >= 15 is 0 Å². The highest BCUT2D eigenvalue weighted by atomic mass is 79.9. The third-order valence-electron chi connectivity index (χ3n) is 5.99. The molecule has 1 fully saturated rings. The zero-order chi connectivity index (χ0) is 21.4. The quantitative estimate of drug-likeness (QED) is 0.545. The average Bonchev–Trinajstić information content (AvgIpc) is 3.42. The smallest absolute Gasteiger partial charge is 0.259 e. The number of carbonyl (C=O) groups excluding carboxylic acids is 1. The number of halogens is 1. The molecule has 1 saturated heterocycles. The van der Waals surface area contributed by atoms with Crippen LogP contribution in [0.2, 0.25) is 0 Å². The number of likely N-dealkylation sites (N-methyl/N-ethyl adjacent to an activating group) is 1. The lowest BCUT2D eigenvalue weighted by Crippen LogP contribution is -2.73. The summed E-state index contributed by atoms with van der Waals surface area (Å²) in [4.78, 5) is 16.3. The fourth-order valence-corrected chi connectivity index (χ4v) is 5.96. The molecule has 2 N–H and O–H groups in total. The lowest BCUT2D eigenvalue weighted by molar-refractivity contribution is -0.145. The first-order valence-electron chi connectivity index (χ1n) is 9.82. The van der Waals surface area contributed by atoms with Gasteiger partial charge in [0.15, 0.2) is 11.5 Å². The minimum absolute atomic E-state index is 0.0952. The molecular weight excluding hydrogens is 462 g/mol. The van der Waals surface area contributed by atoms with Crippen LogP contribution in [0.4, 0.5) is 0 Å². The largest absolute Gasteiger partial charge is 0.343 e. The second-order valence-corrected chi connectivity index (χ2v) is 9.57. The lowest BCUT2D eigenvalue weighted by Gasteiger charge is -2.53. The fourth-order valence-electron chi connectivity index (χ4n) is 4.34. The number of rotatable bonds is 6. The van der Waals surface area contributed by atoms with Crippen molar-refractivity contribution >= 4 is 39.1 Å². The Hall–Kier alpha value is -2.45. The molecule has 8 heteroatoms. The fraction of sp³-hybridized carbons (Fsp3) is 0.318. The number of aryl methyl sites for hydroxylation is 1. The molecule has 156 valence electrons. The molecule has 0 saturated carbocycles. The second-order valence-electron chi connectivity index (χ2n) is 7.74. The maximum Gasteiger partial charge on any atom is 0.259 e. The molecule has 0 unspecified atom stereocenters. The second kappa shape index (κ2) is 8.00. The van der Waals surface area contributed by atoms with Gasteiger partial charge in [-0.1, -0.05) is 30.3 Å². The van der Waals surface area contributed by atoms with Crippen LogP contribution in [0.15, 0.2) is 64.7 Å². The predicted octanol–water partition coefficient (Wildman–Crippen LogP) is 4.34. The lowest BCUT2D eigenvalue weighted by atomic mass is 9.71. The van der Waals surface area contributed by atoms with Crippen molar-refractivity contribution in [3.63, 3.8) is 0 Å². The van der Waals surface area contributed by atoms with Crippen LogP contribution in [0, 0.1) is 5.41 Å². The third-order valence-corrected chi connectivity index (χ3v) is 7.90. The van der Waals surface area contributed by atoms with Crippen molar-refractivity contribution in [1.82, 2.24) is 20.0 Å². The van der Waals surface area contributed by atoms with Gasteiger partial charge in [-0.05, 0) is 59.8 Å². The molecule has 30 heavy (non-hydrogen) atoms. The van der Waals surface area contributed by atoms with Gasteiger partial charge in [0.1, 0.15) is 5.54 Å². The van der Waals surface area contributed by atoms with Gasteiger partial charge in [0, 0.05) is 34.2 Å². The van der Waals surface area contributed by atoms with E-state index in [9.17, 15) is 4.79 Å². The Bertz CT molecular complexity index is 1050. The van der Waals surface area contributed by atoms with Crippen LogP contribution >= 0.6 is 27.3 Å². The molecule has 1 aromatic carbocycles. The monoisotopic (exact) mass is 485 g/mol. The van der Waals surface area contributed by atoms with Crippen LogP contribution in [0.3, 0.4) is 0 Å². The van der Waals surface area contributed by atoms with Gasteiger partial charge in [0.25, 0.3) is 5.91 Å². The molecule has 1 amide bonds. The minimum atomic E-state index is -1.01. The summed E-state index contributed by atoms with van der Waals surface area (Å²) in [5.41, 5.74) is -0.590. The van der Waals surface area contributed by atoms with E-state index in [0.717, 1.165) is 22.2 Å². The molecule has 0 aliphatic carbocycles. The molecule has 4 rings (SSSR count). The van der Waals surface area contributed by atoms with Gasteiger partial charge < -0.3 is 5.32 Å². The molecule has 3 aromatic rings. The van der Waals surface area contributed by atoms with Gasteiger partial charge in [-0.15, -0.1) is 11.3 Å². The molecule has 6 nitrogen and oxygen atoms in total. The first-order valence-corrected chi connectivity index (χ1v) is 11.5. The Morgan fingerprint density at radius 1 is 1.27 bits per heavy atom. The molecule has 1 aliphatic heterocycles. The zero-order valence-corrected chi connectivity index (χ0v) is 19.3. The normalized spacial score (nSPS) is 24.2. The summed E-state index contributed by atoms with van der Waals surface area (Å²) in [5.74, 6) is -0.0344. The molecule has 0 radical (unpaired) electrons. The molecule has 2 atom stereocenters. The summed E-state index contributed by atoms with van der Waals surface area (Å²) in [6.45, 7) is 2.01.